The van der Waals surface area contributed by atoms with Crippen molar-refractivity contribution in [2.75, 3.05) is 0 Å². The second-order valence-corrected chi connectivity index (χ2v) is 7.83. The SMILES string of the molecule is CCCCC(C)C1(C)CCCCC1(C)CC(C)C. The second kappa shape index (κ2) is 6.44. The van der Waals surface area contributed by atoms with Crippen LogP contribution in [-0.2, 0) is 0 Å². The van der Waals surface area contributed by atoms with Crippen LogP contribution in [0.4, 0.5) is 0 Å². The van der Waals surface area contributed by atoms with Crippen molar-refractivity contribution in [3.8, 4) is 0 Å². The minimum atomic E-state index is 0.574. The molecule has 0 aliphatic heterocycles. The van der Waals surface area contributed by atoms with Gasteiger partial charge in [-0.05, 0) is 41.9 Å². The van der Waals surface area contributed by atoms with Crippen molar-refractivity contribution in [1.82, 2.24) is 0 Å². The van der Waals surface area contributed by atoms with E-state index in [0.717, 1.165) is 11.8 Å². The van der Waals surface area contributed by atoms with E-state index in [1.807, 2.05) is 0 Å². The van der Waals surface area contributed by atoms with Crippen molar-refractivity contribution < 1.29 is 0 Å². The first kappa shape index (κ1) is 16.1. The van der Waals surface area contributed by atoms with E-state index in [1.165, 1.54) is 51.4 Å². The van der Waals surface area contributed by atoms with E-state index < -0.39 is 0 Å². The molecule has 18 heavy (non-hydrogen) atoms. The number of rotatable bonds is 6. The Morgan fingerprint density at radius 1 is 1.00 bits per heavy atom. The highest BCUT2D eigenvalue weighted by atomic mass is 14.5. The first-order valence-electron chi connectivity index (χ1n) is 8.35. The van der Waals surface area contributed by atoms with E-state index in [9.17, 15) is 0 Å². The van der Waals surface area contributed by atoms with Crippen LogP contribution in [-0.4, -0.2) is 0 Å². The molecule has 0 bridgehead atoms. The molecule has 0 N–H and O–H groups in total. The highest BCUT2D eigenvalue weighted by Crippen LogP contribution is 2.58. The molecule has 0 heterocycles. The first-order chi connectivity index (χ1) is 8.35. The molecule has 0 radical (unpaired) electrons. The van der Waals surface area contributed by atoms with Crippen LogP contribution in [0.15, 0.2) is 0 Å². The average molecular weight is 252 g/mol. The standard InChI is InChI=1S/C18H36/c1-7-8-11-16(4)18(6)13-10-9-12-17(18,5)14-15(2)3/h15-16H,7-14H2,1-6H3. The maximum absolute atomic E-state index is 2.61. The summed E-state index contributed by atoms with van der Waals surface area (Å²) < 4.78 is 0. The van der Waals surface area contributed by atoms with Crippen LogP contribution in [0.25, 0.3) is 0 Å². The Morgan fingerprint density at radius 3 is 2.17 bits per heavy atom. The minimum Gasteiger partial charge on any atom is -0.0654 e. The Morgan fingerprint density at radius 2 is 1.61 bits per heavy atom. The van der Waals surface area contributed by atoms with Gasteiger partial charge >= 0.3 is 0 Å². The van der Waals surface area contributed by atoms with E-state index in [1.54, 1.807) is 0 Å². The topological polar surface area (TPSA) is 0 Å². The lowest BCUT2D eigenvalue weighted by Gasteiger charge is -2.55. The Hall–Kier alpha value is 0. The van der Waals surface area contributed by atoms with Crippen molar-refractivity contribution in [2.45, 2.75) is 92.9 Å². The van der Waals surface area contributed by atoms with Crippen molar-refractivity contribution in [2.24, 2.45) is 22.7 Å². The van der Waals surface area contributed by atoms with Gasteiger partial charge in [0.05, 0.1) is 0 Å². The molecule has 1 fully saturated rings. The second-order valence-electron chi connectivity index (χ2n) is 7.83. The maximum atomic E-state index is 2.61. The molecular weight excluding hydrogens is 216 g/mol. The van der Waals surface area contributed by atoms with E-state index in [0.29, 0.717) is 10.8 Å². The van der Waals surface area contributed by atoms with Crippen molar-refractivity contribution >= 4 is 0 Å². The monoisotopic (exact) mass is 252 g/mol. The van der Waals surface area contributed by atoms with Crippen LogP contribution < -0.4 is 0 Å². The Kier molecular flexibility index (Phi) is 5.74. The molecule has 0 amide bonds. The molecule has 0 aromatic heterocycles. The molecule has 3 atom stereocenters. The van der Waals surface area contributed by atoms with Gasteiger partial charge in [0.25, 0.3) is 0 Å². The molecule has 0 aromatic carbocycles. The van der Waals surface area contributed by atoms with Crippen LogP contribution in [0.3, 0.4) is 0 Å². The van der Waals surface area contributed by atoms with Crippen LogP contribution in [0, 0.1) is 22.7 Å². The third-order valence-corrected chi connectivity index (χ3v) is 5.99. The summed E-state index contributed by atoms with van der Waals surface area (Å²) >= 11 is 0. The van der Waals surface area contributed by atoms with Gasteiger partial charge in [0.2, 0.25) is 0 Å². The summed E-state index contributed by atoms with van der Waals surface area (Å²) in [7, 11) is 0. The molecule has 1 aliphatic carbocycles. The molecule has 0 spiro atoms. The predicted octanol–water partition coefficient (Wildman–Crippen LogP) is 6.45. The lowest BCUT2D eigenvalue weighted by atomic mass is 9.50. The van der Waals surface area contributed by atoms with Crippen molar-refractivity contribution in [1.29, 1.82) is 0 Å². The third-order valence-electron chi connectivity index (χ3n) is 5.99. The zero-order valence-electron chi connectivity index (χ0n) is 13.8. The summed E-state index contributed by atoms with van der Waals surface area (Å²) in [6.07, 6.45) is 11.4. The maximum Gasteiger partial charge on any atom is -0.0246 e. The first-order valence-corrected chi connectivity index (χ1v) is 8.35. The fraction of sp³-hybridized carbons (Fsp3) is 1.00. The van der Waals surface area contributed by atoms with Gasteiger partial charge in [0.15, 0.2) is 0 Å². The fourth-order valence-electron chi connectivity index (χ4n) is 4.50. The summed E-state index contributed by atoms with van der Waals surface area (Å²) in [6.45, 7) is 14.8. The summed E-state index contributed by atoms with van der Waals surface area (Å²) in [5, 5.41) is 0. The largest absolute Gasteiger partial charge is 0.0654 e. The molecule has 0 aromatic rings. The molecule has 3 unspecified atom stereocenters. The number of unbranched alkanes of at least 4 members (excludes halogenated alkanes) is 1. The van der Waals surface area contributed by atoms with Crippen molar-refractivity contribution in [3.05, 3.63) is 0 Å². The third kappa shape index (κ3) is 3.31. The van der Waals surface area contributed by atoms with Gasteiger partial charge in [-0.1, -0.05) is 73.6 Å². The van der Waals surface area contributed by atoms with Crippen LogP contribution in [0.2, 0.25) is 0 Å². The quantitative estimate of drug-likeness (QED) is 0.510. The zero-order valence-corrected chi connectivity index (χ0v) is 13.8. The predicted molar refractivity (Wildman–Crippen MR) is 82.8 cm³/mol. The molecule has 1 rings (SSSR count). The fourth-order valence-corrected chi connectivity index (χ4v) is 4.50. The highest BCUT2D eigenvalue weighted by Gasteiger charge is 2.48. The van der Waals surface area contributed by atoms with Crippen LogP contribution in [0.1, 0.15) is 92.9 Å². The average Bonchev–Trinajstić information content (AvgIpc) is 2.29. The zero-order chi connectivity index (χ0) is 13.8. The smallest absolute Gasteiger partial charge is 0.0246 e. The van der Waals surface area contributed by atoms with E-state index in [4.69, 9.17) is 0 Å². The van der Waals surface area contributed by atoms with Gasteiger partial charge in [-0.25, -0.2) is 0 Å². The highest BCUT2D eigenvalue weighted by molar-refractivity contribution is 4.98. The van der Waals surface area contributed by atoms with Gasteiger partial charge in [-0.3, -0.25) is 0 Å². The summed E-state index contributed by atoms with van der Waals surface area (Å²) in [6, 6.07) is 0. The van der Waals surface area contributed by atoms with Gasteiger partial charge < -0.3 is 0 Å². The van der Waals surface area contributed by atoms with Gasteiger partial charge in [-0.15, -0.1) is 0 Å². The molecular formula is C18H36. The summed E-state index contributed by atoms with van der Waals surface area (Å²) in [5.74, 6) is 1.73. The Bertz CT molecular complexity index is 242. The number of hydrogen-bond acceptors (Lipinski definition) is 0. The van der Waals surface area contributed by atoms with Crippen LogP contribution >= 0.6 is 0 Å². The minimum absolute atomic E-state index is 0.574. The van der Waals surface area contributed by atoms with Gasteiger partial charge in [0.1, 0.15) is 0 Å². The van der Waals surface area contributed by atoms with E-state index in [2.05, 4.69) is 41.5 Å². The normalized spacial score (nSPS) is 34.8. The van der Waals surface area contributed by atoms with Crippen LogP contribution in [0.5, 0.6) is 0 Å². The van der Waals surface area contributed by atoms with Crippen molar-refractivity contribution in [3.63, 3.8) is 0 Å². The van der Waals surface area contributed by atoms with Gasteiger partial charge in [-0.2, -0.15) is 0 Å². The lowest BCUT2D eigenvalue weighted by molar-refractivity contribution is -0.0481. The Labute approximate surface area is 116 Å². The van der Waals surface area contributed by atoms with E-state index >= 15 is 0 Å². The lowest BCUT2D eigenvalue weighted by Crippen LogP contribution is -2.45. The van der Waals surface area contributed by atoms with E-state index in [-0.39, 0.29) is 0 Å². The van der Waals surface area contributed by atoms with Gasteiger partial charge in [0, 0.05) is 0 Å². The summed E-state index contributed by atoms with van der Waals surface area (Å²) in [4.78, 5) is 0. The molecule has 1 aliphatic rings. The molecule has 0 heteroatoms. The molecule has 1 saturated carbocycles. The molecule has 108 valence electrons. The molecule has 0 saturated heterocycles. The molecule has 0 nitrogen and oxygen atoms in total. The number of hydrogen-bond donors (Lipinski definition) is 0. The summed E-state index contributed by atoms with van der Waals surface area (Å²) in [5.41, 5.74) is 1.15. The Balaban J connectivity index is 2.84.